The van der Waals surface area contributed by atoms with E-state index in [2.05, 4.69) is 0 Å². The van der Waals surface area contributed by atoms with Gasteiger partial charge in [0.15, 0.2) is 18.1 Å². The summed E-state index contributed by atoms with van der Waals surface area (Å²) in [5.74, 6) is 0.251. The van der Waals surface area contributed by atoms with Crippen LogP contribution in [0.3, 0.4) is 0 Å². The number of hydrogen-bond donors (Lipinski definition) is 0. The Morgan fingerprint density at radius 2 is 1.70 bits per heavy atom. The van der Waals surface area contributed by atoms with Crippen LogP contribution in [-0.2, 0) is 16.1 Å². The Morgan fingerprint density at radius 3 is 2.37 bits per heavy atom. The van der Waals surface area contributed by atoms with E-state index in [1.165, 1.54) is 7.11 Å². The molecule has 0 radical (unpaired) electrons. The highest BCUT2D eigenvalue weighted by Crippen LogP contribution is 2.29. The third-order valence-corrected chi connectivity index (χ3v) is 5.44. The minimum Gasteiger partial charge on any atom is -0.493 e. The number of carbonyl (C=O) groups excluding carboxylic acids is 2. The number of likely N-dealkylation sites (tertiary alicyclic amines) is 1. The molecule has 0 saturated carbocycles. The molecule has 30 heavy (non-hydrogen) atoms. The van der Waals surface area contributed by atoms with E-state index in [-0.39, 0.29) is 24.6 Å². The number of methoxy groups -OCH3 is 1. The number of piperidine rings is 1. The van der Waals surface area contributed by atoms with Gasteiger partial charge in [-0.05, 0) is 56.9 Å². The molecule has 2 aromatic rings. The predicted molar refractivity (Wildman–Crippen MR) is 114 cm³/mol. The van der Waals surface area contributed by atoms with E-state index in [0.717, 1.165) is 24.8 Å². The predicted octanol–water partition coefficient (Wildman–Crippen LogP) is 4.22. The Bertz CT molecular complexity index is 857. The zero-order chi connectivity index (χ0) is 21.5. The maximum atomic E-state index is 12.6. The van der Waals surface area contributed by atoms with Gasteiger partial charge in [-0.15, -0.1) is 0 Å². The summed E-state index contributed by atoms with van der Waals surface area (Å²) in [6.45, 7) is 4.20. The summed E-state index contributed by atoms with van der Waals surface area (Å²) < 4.78 is 16.5. The number of nitrogens with zero attached hydrogens (tertiary/aromatic N) is 1. The summed E-state index contributed by atoms with van der Waals surface area (Å²) in [5, 5.41) is 0. The molecule has 6 heteroatoms. The second kappa shape index (κ2) is 10.1. The van der Waals surface area contributed by atoms with Crippen LogP contribution in [-0.4, -0.2) is 42.6 Å². The van der Waals surface area contributed by atoms with Crippen molar-refractivity contribution in [2.24, 2.45) is 0 Å². The molecule has 1 amide bonds. The second-order valence-electron chi connectivity index (χ2n) is 7.65. The van der Waals surface area contributed by atoms with Gasteiger partial charge >= 0.3 is 5.97 Å². The summed E-state index contributed by atoms with van der Waals surface area (Å²) in [4.78, 5) is 26.9. The highest BCUT2D eigenvalue weighted by molar-refractivity contribution is 5.92. The smallest absolute Gasteiger partial charge is 0.338 e. The van der Waals surface area contributed by atoms with E-state index >= 15 is 0 Å². The fourth-order valence-electron chi connectivity index (χ4n) is 3.85. The van der Waals surface area contributed by atoms with Gasteiger partial charge in [-0.3, -0.25) is 4.79 Å². The molecule has 1 fully saturated rings. The first-order chi connectivity index (χ1) is 14.5. The van der Waals surface area contributed by atoms with Crippen molar-refractivity contribution in [3.8, 4) is 11.5 Å². The lowest BCUT2D eigenvalue weighted by Crippen LogP contribution is -2.49. The molecule has 0 spiro atoms. The molecular formula is C24H29NO5. The van der Waals surface area contributed by atoms with E-state index in [1.54, 1.807) is 18.2 Å². The highest BCUT2D eigenvalue weighted by atomic mass is 16.5. The van der Waals surface area contributed by atoms with E-state index in [4.69, 9.17) is 14.2 Å². The number of rotatable bonds is 7. The summed E-state index contributed by atoms with van der Waals surface area (Å²) in [7, 11) is 1.52. The number of ether oxygens (including phenoxy) is 3. The van der Waals surface area contributed by atoms with Crippen molar-refractivity contribution in [3.05, 3.63) is 59.7 Å². The Labute approximate surface area is 177 Å². The van der Waals surface area contributed by atoms with Crippen molar-refractivity contribution in [3.63, 3.8) is 0 Å². The lowest BCUT2D eigenvalue weighted by Gasteiger charge is -2.38. The number of amides is 1. The molecule has 1 heterocycles. The van der Waals surface area contributed by atoms with Crippen molar-refractivity contribution < 1.29 is 23.8 Å². The third kappa shape index (κ3) is 5.32. The monoisotopic (exact) mass is 411 g/mol. The van der Waals surface area contributed by atoms with Gasteiger partial charge in [-0.25, -0.2) is 4.79 Å². The average Bonchev–Trinajstić information content (AvgIpc) is 2.76. The maximum absolute atomic E-state index is 12.6. The normalized spacial score (nSPS) is 18.6. The van der Waals surface area contributed by atoms with Crippen molar-refractivity contribution in [1.82, 2.24) is 4.90 Å². The van der Waals surface area contributed by atoms with E-state index in [9.17, 15) is 9.59 Å². The summed E-state index contributed by atoms with van der Waals surface area (Å²) >= 11 is 0. The Morgan fingerprint density at radius 1 is 1.00 bits per heavy atom. The highest BCUT2D eigenvalue weighted by Gasteiger charge is 2.29. The first-order valence-corrected chi connectivity index (χ1v) is 10.3. The van der Waals surface area contributed by atoms with Gasteiger partial charge in [0.2, 0.25) is 0 Å². The molecule has 2 atom stereocenters. The maximum Gasteiger partial charge on any atom is 0.338 e. The molecule has 0 N–H and O–H groups in total. The van der Waals surface area contributed by atoms with Crippen molar-refractivity contribution in [2.45, 2.75) is 51.8 Å². The summed E-state index contributed by atoms with van der Waals surface area (Å²) in [5.41, 5.74) is 1.34. The van der Waals surface area contributed by atoms with Crippen LogP contribution < -0.4 is 9.47 Å². The zero-order valence-electron chi connectivity index (χ0n) is 17.8. The van der Waals surface area contributed by atoms with Gasteiger partial charge in [0.05, 0.1) is 12.7 Å². The second-order valence-corrected chi connectivity index (χ2v) is 7.65. The number of carbonyl (C=O) groups is 2. The van der Waals surface area contributed by atoms with E-state index in [0.29, 0.717) is 23.7 Å². The van der Waals surface area contributed by atoms with Gasteiger partial charge in [0.25, 0.3) is 5.91 Å². The molecule has 6 nitrogen and oxygen atoms in total. The molecule has 2 aromatic carbocycles. The summed E-state index contributed by atoms with van der Waals surface area (Å²) in [6.07, 6.45) is 3.07. The standard InChI is InChI=1S/C24H29NO5/c1-17-8-7-9-18(2)25(17)23(26)16-30-24(27)20-12-13-21(22(14-20)28-3)29-15-19-10-5-4-6-11-19/h4-6,10-14,17-18H,7-9,15-16H2,1-3H3/t17-,18-/m0/s1. The Balaban J connectivity index is 1.59. The minimum atomic E-state index is -0.562. The molecule has 1 saturated heterocycles. The Hall–Kier alpha value is -3.02. The first-order valence-electron chi connectivity index (χ1n) is 10.3. The largest absolute Gasteiger partial charge is 0.493 e. The molecule has 0 aliphatic carbocycles. The van der Waals surface area contributed by atoms with Crippen LogP contribution in [0.2, 0.25) is 0 Å². The van der Waals surface area contributed by atoms with Crippen molar-refractivity contribution in [1.29, 1.82) is 0 Å². The minimum absolute atomic E-state index is 0.155. The van der Waals surface area contributed by atoms with Gasteiger partial charge < -0.3 is 19.1 Å². The Kier molecular flexibility index (Phi) is 7.33. The first kappa shape index (κ1) is 21.7. The molecule has 3 rings (SSSR count). The summed E-state index contributed by atoms with van der Waals surface area (Å²) in [6, 6.07) is 15.0. The van der Waals surface area contributed by atoms with E-state index in [1.807, 2.05) is 49.1 Å². The van der Waals surface area contributed by atoms with Gasteiger partial charge in [0.1, 0.15) is 6.61 Å². The molecular weight excluding hydrogens is 382 g/mol. The number of esters is 1. The van der Waals surface area contributed by atoms with Crippen LogP contribution in [0.5, 0.6) is 11.5 Å². The molecule has 0 aromatic heterocycles. The van der Waals surface area contributed by atoms with Crippen LogP contribution >= 0.6 is 0 Å². The zero-order valence-corrected chi connectivity index (χ0v) is 17.8. The van der Waals surface area contributed by atoms with Crippen LogP contribution in [0.4, 0.5) is 0 Å². The number of benzene rings is 2. The molecule has 1 aliphatic rings. The molecule has 0 bridgehead atoms. The van der Waals surface area contributed by atoms with Crippen LogP contribution in [0.1, 0.15) is 49.0 Å². The number of hydrogen-bond acceptors (Lipinski definition) is 5. The third-order valence-electron chi connectivity index (χ3n) is 5.44. The molecule has 1 aliphatic heterocycles. The SMILES string of the molecule is COc1cc(C(=O)OCC(=O)N2[C@@H](C)CCC[C@@H]2C)ccc1OCc1ccccc1. The molecule has 0 unspecified atom stereocenters. The van der Waals surface area contributed by atoms with Gasteiger partial charge in [-0.1, -0.05) is 30.3 Å². The van der Waals surface area contributed by atoms with Gasteiger partial charge in [-0.2, -0.15) is 0 Å². The van der Waals surface area contributed by atoms with Crippen molar-refractivity contribution in [2.75, 3.05) is 13.7 Å². The van der Waals surface area contributed by atoms with E-state index < -0.39 is 5.97 Å². The van der Waals surface area contributed by atoms with Crippen LogP contribution in [0.25, 0.3) is 0 Å². The quantitative estimate of drug-likeness (QED) is 0.638. The van der Waals surface area contributed by atoms with Gasteiger partial charge in [0, 0.05) is 12.1 Å². The topological polar surface area (TPSA) is 65.1 Å². The van der Waals surface area contributed by atoms with Crippen LogP contribution in [0.15, 0.2) is 48.5 Å². The van der Waals surface area contributed by atoms with Crippen molar-refractivity contribution >= 4 is 11.9 Å². The van der Waals surface area contributed by atoms with Crippen LogP contribution in [0, 0.1) is 0 Å². The fraction of sp³-hybridized carbons (Fsp3) is 0.417. The lowest BCUT2D eigenvalue weighted by molar-refractivity contribution is -0.140. The fourth-order valence-corrected chi connectivity index (χ4v) is 3.85. The average molecular weight is 411 g/mol. The molecule has 160 valence electrons. The lowest BCUT2D eigenvalue weighted by atomic mass is 9.97.